The number of hydrogen-bond donors (Lipinski definition) is 0. The van der Waals surface area contributed by atoms with Crippen LogP contribution in [0.5, 0.6) is 0 Å². The van der Waals surface area contributed by atoms with Crippen LogP contribution >= 0.6 is 0 Å². The standard InChI is InChI=1S/C45H31N5/c1-3-15-30(16-4-1)34-24-14-25-38-37-23-9-12-28-41(37)50(42(34)38)45-47-43(31-17-5-2-6-18-31)46-44(48-45)32-19-13-20-33(29-32)49-39-26-10-7-21-35(39)36-22-8-11-27-40(36)49/h1-23,25-29,34H,24H2. The van der Waals surface area contributed by atoms with E-state index in [1.807, 2.05) is 18.2 Å². The van der Waals surface area contributed by atoms with Crippen molar-refractivity contribution in [2.75, 3.05) is 0 Å². The number of para-hydroxylation sites is 3. The highest BCUT2D eigenvalue weighted by Crippen LogP contribution is 2.42. The fourth-order valence-corrected chi connectivity index (χ4v) is 7.73. The predicted octanol–water partition coefficient (Wildman–Crippen LogP) is 10.8. The Balaban J connectivity index is 1.22. The number of benzene rings is 6. The van der Waals surface area contributed by atoms with Crippen LogP contribution in [0.3, 0.4) is 0 Å². The van der Waals surface area contributed by atoms with Gasteiger partial charge in [-0.25, -0.2) is 4.98 Å². The molecular weight excluding hydrogens is 611 g/mol. The Morgan fingerprint density at radius 2 is 1.04 bits per heavy atom. The molecule has 1 unspecified atom stereocenters. The maximum atomic E-state index is 5.31. The Labute approximate surface area is 289 Å². The molecule has 236 valence electrons. The minimum atomic E-state index is 0.155. The van der Waals surface area contributed by atoms with Gasteiger partial charge in [0.2, 0.25) is 5.95 Å². The van der Waals surface area contributed by atoms with Gasteiger partial charge in [-0.15, -0.1) is 0 Å². The van der Waals surface area contributed by atoms with Crippen LogP contribution in [-0.4, -0.2) is 24.1 Å². The molecule has 0 aliphatic heterocycles. The summed E-state index contributed by atoms with van der Waals surface area (Å²) in [5, 5.41) is 3.65. The summed E-state index contributed by atoms with van der Waals surface area (Å²) < 4.78 is 4.61. The molecule has 0 bridgehead atoms. The van der Waals surface area contributed by atoms with Crippen LogP contribution in [-0.2, 0) is 0 Å². The Morgan fingerprint density at radius 1 is 0.480 bits per heavy atom. The molecule has 5 heteroatoms. The zero-order chi connectivity index (χ0) is 33.0. The van der Waals surface area contributed by atoms with Crippen molar-refractivity contribution in [1.29, 1.82) is 0 Å². The number of nitrogens with zero attached hydrogens (tertiary/aromatic N) is 5. The summed E-state index contributed by atoms with van der Waals surface area (Å²) in [6.07, 6.45) is 5.46. The van der Waals surface area contributed by atoms with Gasteiger partial charge in [-0.1, -0.05) is 140 Å². The summed E-state index contributed by atoms with van der Waals surface area (Å²) in [4.78, 5) is 15.7. The molecule has 0 saturated carbocycles. The second-order valence-electron chi connectivity index (χ2n) is 12.8. The van der Waals surface area contributed by atoms with Gasteiger partial charge in [0.1, 0.15) is 0 Å². The summed E-state index contributed by atoms with van der Waals surface area (Å²) in [7, 11) is 0. The lowest BCUT2D eigenvalue weighted by molar-refractivity contribution is 0.746. The van der Waals surface area contributed by atoms with Crippen molar-refractivity contribution in [3.8, 4) is 34.4 Å². The molecule has 9 aromatic rings. The first-order chi connectivity index (χ1) is 24.8. The molecule has 0 saturated heterocycles. The van der Waals surface area contributed by atoms with E-state index in [4.69, 9.17) is 15.0 Å². The maximum Gasteiger partial charge on any atom is 0.238 e. The molecule has 1 atom stereocenters. The predicted molar refractivity (Wildman–Crippen MR) is 204 cm³/mol. The van der Waals surface area contributed by atoms with Gasteiger partial charge in [-0.3, -0.25) is 4.57 Å². The van der Waals surface area contributed by atoms with Crippen LogP contribution < -0.4 is 0 Å². The van der Waals surface area contributed by atoms with Crippen molar-refractivity contribution in [2.45, 2.75) is 12.3 Å². The van der Waals surface area contributed by atoms with Crippen LogP contribution in [0, 0.1) is 0 Å². The highest BCUT2D eigenvalue weighted by atomic mass is 15.2. The van der Waals surface area contributed by atoms with E-state index in [0.717, 1.165) is 39.8 Å². The van der Waals surface area contributed by atoms with Crippen molar-refractivity contribution in [1.82, 2.24) is 24.1 Å². The number of rotatable bonds is 5. The van der Waals surface area contributed by atoms with Crippen LogP contribution in [0.15, 0.2) is 164 Å². The molecule has 0 spiro atoms. The Morgan fingerprint density at radius 3 is 1.74 bits per heavy atom. The van der Waals surface area contributed by atoms with Crippen molar-refractivity contribution in [3.05, 3.63) is 181 Å². The van der Waals surface area contributed by atoms with E-state index in [2.05, 4.69) is 161 Å². The molecule has 5 nitrogen and oxygen atoms in total. The monoisotopic (exact) mass is 641 g/mol. The van der Waals surface area contributed by atoms with E-state index >= 15 is 0 Å². The van der Waals surface area contributed by atoms with Gasteiger partial charge in [0.15, 0.2) is 11.6 Å². The molecule has 0 amide bonds. The van der Waals surface area contributed by atoms with Crippen LogP contribution in [0.25, 0.3) is 73.2 Å². The third-order valence-corrected chi connectivity index (χ3v) is 9.94. The largest absolute Gasteiger partial charge is 0.309 e. The average Bonchev–Trinajstić information content (AvgIpc) is 3.72. The SMILES string of the molecule is C1=Cc2c(n(-c3nc(-c4ccccc4)nc(-c4cccc(-n5c6ccccc6c6ccccc65)c4)n3)c3ccccc23)C(c2ccccc2)C1. The summed E-state index contributed by atoms with van der Waals surface area (Å²) in [6, 6.07) is 55.3. The summed E-state index contributed by atoms with van der Waals surface area (Å²) in [5.41, 5.74) is 10.0. The lowest BCUT2D eigenvalue weighted by Crippen LogP contribution is -2.14. The molecule has 0 radical (unpaired) electrons. The number of allylic oxidation sites excluding steroid dienone is 1. The molecule has 6 aromatic carbocycles. The van der Waals surface area contributed by atoms with E-state index in [1.165, 1.54) is 33.0 Å². The molecule has 10 rings (SSSR count). The lowest BCUT2D eigenvalue weighted by atomic mass is 9.86. The highest BCUT2D eigenvalue weighted by Gasteiger charge is 2.29. The Hall–Kier alpha value is -6.59. The molecule has 1 aliphatic rings. The highest BCUT2D eigenvalue weighted by molar-refractivity contribution is 6.09. The number of hydrogen-bond acceptors (Lipinski definition) is 3. The topological polar surface area (TPSA) is 48.5 Å². The van der Waals surface area contributed by atoms with Crippen molar-refractivity contribution >= 4 is 38.8 Å². The second-order valence-corrected chi connectivity index (χ2v) is 12.8. The Kier molecular flexibility index (Phi) is 6.56. The van der Waals surface area contributed by atoms with Gasteiger partial charge >= 0.3 is 0 Å². The molecule has 0 fully saturated rings. The van der Waals surface area contributed by atoms with Gasteiger partial charge in [0.25, 0.3) is 0 Å². The summed E-state index contributed by atoms with van der Waals surface area (Å²) in [6.45, 7) is 0. The average molecular weight is 642 g/mol. The zero-order valence-corrected chi connectivity index (χ0v) is 27.2. The first-order valence-corrected chi connectivity index (χ1v) is 17.1. The van der Waals surface area contributed by atoms with E-state index in [9.17, 15) is 0 Å². The van der Waals surface area contributed by atoms with Crippen LogP contribution in [0.4, 0.5) is 0 Å². The smallest absolute Gasteiger partial charge is 0.238 e. The van der Waals surface area contributed by atoms with Gasteiger partial charge in [-0.05, 0) is 42.3 Å². The van der Waals surface area contributed by atoms with Crippen molar-refractivity contribution in [2.24, 2.45) is 0 Å². The van der Waals surface area contributed by atoms with Gasteiger partial charge in [-0.2, -0.15) is 9.97 Å². The first kappa shape index (κ1) is 28.4. The third kappa shape index (κ3) is 4.51. The molecule has 1 aliphatic carbocycles. The van der Waals surface area contributed by atoms with E-state index in [1.54, 1.807) is 0 Å². The minimum absolute atomic E-state index is 0.155. The fraction of sp³-hybridized carbons (Fsp3) is 0.0444. The minimum Gasteiger partial charge on any atom is -0.309 e. The number of fused-ring (bicyclic) bond motifs is 6. The second kappa shape index (κ2) is 11.5. The van der Waals surface area contributed by atoms with Crippen LogP contribution in [0.1, 0.15) is 29.2 Å². The molecule has 0 N–H and O–H groups in total. The van der Waals surface area contributed by atoms with Crippen molar-refractivity contribution in [3.63, 3.8) is 0 Å². The number of aromatic nitrogens is 5. The third-order valence-electron chi connectivity index (χ3n) is 9.94. The van der Waals surface area contributed by atoms with E-state index < -0.39 is 0 Å². The van der Waals surface area contributed by atoms with Crippen LogP contribution in [0.2, 0.25) is 0 Å². The Bertz CT molecular complexity index is 2680. The molecule has 3 heterocycles. The van der Waals surface area contributed by atoms with E-state index in [0.29, 0.717) is 17.6 Å². The summed E-state index contributed by atoms with van der Waals surface area (Å²) >= 11 is 0. The zero-order valence-electron chi connectivity index (χ0n) is 27.2. The van der Waals surface area contributed by atoms with Gasteiger partial charge < -0.3 is 4.57 Å². The lowest BCUT2D eigenvalue weighted by Gasteiger charge is -2.23. The van der Waals surface area contributed by atoms with Gasteiger partial charge in [0, 0.05) is 50.1 Å². The summed E-state index contributed by atoms with van der Waals surface area (Å²) in [5.74, 6) is 2.04. The first-order valence-electron chi connectivity index (χ1n) is 17.1. The maximum absolute atomic E-state index is 5.31. The molecule has 3 aromatic heterocycles. The van der Waals surface area contributed by atoms with Gasteiger partial charge in [0.05, 0.1) is 16.6 Å². The van der Waals surface area contributed by atoms with E-state index in [-0.39, 0.29) is 5.92 Å². The van der Waals surface area contributed by atoms with Crippen molar-refractivity contribution < 1.29 is 0 Å². The molecule has 50 heavy (non-hydrogen) atoms. The normalized spacial score (nSPS) is 14.0. The quantitative estimate of drug-likeness (QED) is 0.188. The molecular formula is C45H31N5. The fourth-order valence-electron chi connectivity index (χ4n) is 7.73.